The minimum Gasteiger partial charge on any atom is -0.326 e. The molecule has 94 valence electrons. The molecule has 0 unspecified atom stereocenters. The van der Waals surface area contributed by atoms with Gasteiger partial charge in [0.05, 0.1) is 0 Å². The lowest BCUT2D eigenvalue weighted by atomic mass is 10.2. The summed E-state index contributed by atoms with van der Waals surface area (Å²) in [6.07, 6.45) is 1.20. The van der Waals surface area contributed by atoms with Gasteiger partial charge in [-0.1, -0.05) is 0 Å². The Morgan fingerprint density at radius 3 is 2.33 bits per heavy atom. The van der Waals surface area contributed by atoms with Crippen LogP contribution in [0.25, 0.3) is 11.4 Å². The first kappa shape index (κ1) is 12.3. The van der Waals surface area contributed by atoms with E-state index in [1.54, 1.807) is 0 Å². The van der Waals surface area contributed by atoms with Gasteiger partial charge < -0.3 is 10.7 Å². The third-order valence-corrected chi connectivity index (χ3v) is 2.35. The van der Waals surface area contributed by atoms with Gasteiger partial charge in [0.1, 0.15) is 5.82 Å². The first-order valence-corrected chi connectivity index (χ1v) is 4.96. The lowest BCUT2D eigenvalue weighted by Crippen LogP contribution is -2.17. The first-order valence-electron chi connectivity index (χ1n) is 4.96. The zero-order chi connectivity index (χ0) is 13.3. The molecule has 0 aliphatic heterocycles. The summed E-state index contributed by atoms with van der Waals surface area (Å²) in [7, 11) is 0. The van der Waals surface area contributed by atoms with E-state index in [4.69, 9.17) is 5.73 Å². The zero-order valence-electron chi connectivity index (χ0n) is 9.01. The van der Waals surface area contributed by atoms with E-state index in [0.717, 1.165) is 12.1 Å². The number of aromatic amines is 1. The summed E-state index contributed by atoms with van der Waals surface area (Å²) in [5, 5.41) is 0. The molecule has 4 nitrogen and oxygen atoms in total. The van der Waals surface area contributed by atoms with E-state index < -0.39 is 23.0 Å². The largest absolute Gasteiger partial charge is 0.326 e. The Kier molecular flexibility index (Phi) is 3.15. The van der Waals surface area contributed by atoms with Gasteiger partial charge >= 0.3 is 0 Å². The molecule has 0 aliphatic carbocycles. The second-order valence-corrected chi connectivity index (χ2v) is 3.54. The summed E-state index contributed by atoms with van der Waals surface area (Å²) in [5.74, 6) is -4.33. The maximum atomic E-state index is 13.0. The van der Waals surface area contributed by atoms with Crippen LogP contribution in [0, 0.1) is 17.5 Å². The van der Waals surface area contributed by atoms with Crippen LogP contribution in [0.3, 0.4) is 0 Å². The van der Waals surface area contributed by atoms with Crippen molar-refractivity contribution < 1.29 is 13.2 Å². The van der Waals surface area contributed by atoms with Crippen molar-refractivity contribution in [3.63, 3.8) is 0 Å². The molecule has 0 atom stereocenters. The Bertz CT molecular complexity index is 631. The second kappa shape index (κ2) is 4.61. The molecule has 0 saturated heterocycles. The average molecular weight is 255 g/mol. The molecule has 0 fully saturated rings. The number of nitrogens with two attached hydrogens (primary N) is 1. The van der Waals surface area contributed by atoms with Crippen LogP contribution in [0.15, 0.2) is 23.1 Å². The fourth-order valence-corrected chi connectivity index (χ4v) is 1.41. The molecule has 1 heterocycles. The van der Waals surface area contributed by atoms with E-state index in [1.807, 2.05) is 0 Å². The van der Waals surface area contributed by atoms with Crippen molar-refractivity contribution in [2.45, 2.75) is 6.54 Å². The van der Waals surface area contributed by atoms with Gasteiger partial charge in [0.2, 0.25) is 0 Å². The minimum absolute atomic E-state index is 0.00520. The molecule has 2 aromatic rings. The number of nitrogens with one attached hydrogen (secondary N) is 1. The molecule has 7 heteroatoms. The Morgan fingerprint density at radius 2 is 1.83 bits per heavy atom. The number of rotatable bonds is 2. The fourth-order valence-electron chi connectivity index (χ4n) is 1.41. The molecular weight excluding hydrogens is 247 g/mol. The lowest BCUT2D eigenvalue weighted by molar-refractivity contribution is 0.447. The van der Waals surface area contributed by atoms with Gasteiger partial charge in [-0.2, -0.15) is 0 Å². The summed E-state index contributed by atoms with van der Waals surface area (Å²) < 4.78 is 38.8. The zero-order valence-corrected chi connectivity index (χ0v) is 9.01. The van der Waals surface area contributed by atoms with Crippen LogP contribution in [0.2, 0.25) is 0 Å². The quantitative estimate of drug-likeness (QED) is 0.795. The maximum absolute atomic E-state index is 13.0. The van der Waals surface area contributed by atoms with Gasteiger partial charge in [0, 0.05) is 23.9 Å². The summed E-state index contributed by atoms with van der Waals surface area (Å²) in [6.45, 7) is -0.00520. The Morgan fingerprint density at radius 1 is 1.22 bits per heavy atom. The highest BCUT2D eigenvalue weighted by molar-refractivity contribution is 5.54. The van der Waals surface area contributed by atoms with Gasteiger partial charge in [-0.05, 0) is 12.1 Å². The minimum atomic E-state index is -1.57. The van der Waals surface area contributed by atoms with Gasteiger partial charge in [0.15, 0.2) is 17.5 Å². The smallest absolute Gasteiger partial charge is 0.255 e. The van der Waals surface area contributed by atoms with Gasteiger partial charge in [-0.25, -0.2) is 18.2 Å². The number of aromatic nitrogens is 2. The SMILES string of the molecule is NCc1cnc(-c2cc(F)c(F)c(F)c2)[nH]c1=O. The van der Waals surface area contributed by atoms with E-state index in [1.165, 1.54) is 6.20 Å². The maximum Gasteiger partial charge on any atom is 0.255 e. The Labute approximate surface area is 99.3 Å². The van der Waals surface area contributed by atoms with Crippen molar-refractivity contribution in [1.29, 1.82) is 0 Å². The molecule has 3 N–H and O–H groups in total. The molecule has 0 amide bonds. The highest BCUT2D eigenvalue weighted by atomic mass is 19.2. The predicted molar refractivity (Wildman–Crippen MR) is 58.1 cm³/mol. The number of hydrogen-bond acceptors (Lipinski definition) is 3. The Hall–Kier alpha value is -2.15. The van der Waals surface area contributed by atoms with Crippen LogP contribution in [0.5, 0.6) is 0 Å². The number of benzene rings is 1. The van der Waals surface area contributed by atoms with E-state index in [-0.39, 0.29) is 23.5 Å². The lowest BCUT2D eigenvalue weighted by Gasteiger charge is -2.03. The molecular formula is C11H8F3N3O. The van der Waals surface area contributed by atoms with Crippen molar-refractivity contribution in [2.75, 3.05) is 0 Å². The van der Waals surface area contributed by atoms with E-state index >= 15 is 0 Å². The van der Waals surface area contributed by atoms with Crippen molar-refractivity contribution >= 4 is 0 Å². The predicted octanol–water partition coefficient (Wildman–Crippen LogP) is 1.31. The highest BCUT2D eigenvalue weighted by Crippen LogP contribution is 2.19. The second-order valence-electron chi connectivity index (χ2n) is 3.54. The molecule has 1 aromatic carbocycles. The van der Waals surface area contributed by atoms with E-state index in [0.29, 0.717) is 0 Å². The molecule has 0 radical (unpaired) electrons. The summed E-state index contributed by atoms with van der Waals surface area (Å²) in [6, 6.07) is 1.50. The monoisotopic (exact) mass is 255 g/mol. The number of halogens is 3. The molecule has 18 heavy (non-hydrogen) atoms. The van der Waals surface area contributed by atoms with E-state index in [9.17, 15) is 18.0 Å². The molecule has 1 aromatic heterocycles. The molecule has 0 saturated carbocycles. The Balaban J connectivity index is 2.56. The number of nitrogens with zero attached hydrogens (tertiary/aromatic N) is 1. The topological polar surface area (TPSA) is 71.8 Å². The fraction of sp³-hybridized carbons (Fsp3) is 0.0909. The summed E-state index contributed by atoms with van der Waals surface area (Å²) in [4.78, 5) is 17.6. The summed E-state index contributed by atoms with van der Waals surface area (Å²) in [5.41, 5.74) is 4.95. The third kappa shape index (κ3) is 2.12. The van der Waals surface area contributed by atoms with Gasteiger partial charge in [-0.3, -0.25) is 4.79 Å². The van der Waals surface area contributed by atoms with Crippen LogP contribution in [0.1, 0.15) is 5.56 Å². The average Bonchev–Trinajstić information content (AvgIpc) is 2.35. The normalized spacial score (nSPS) is 10.7. The summed E-state index contributed by atoms with van der Waals surface area (Å²) >= 11 is 0. The van der Waals surface area contributed by atoms with E-state index in [2.05, 4.69) is 9.97 Å². The van der Waals surface area contributed by atoms with Crippen molar-refractivity contribution in [3.8, 4) is 11.4 Å². The van der Waals surface area contributed by atoms with Crippen LogP contribution >= 0.6 is 0 Å². The van der Waals surface area contributed by atoms with Crippen molar-refractivity contribution in [2.24, 2.45) is 5.73 Å². The van der Waals surface area contributed by atoms with Crippen molar-refractivity contribution in [1.82, 2.24) is 9.97 Å². The molecule has 0 bridgehead atoms. The molecule has 2 rings (SSSR count). The first-order chi connectivity index (χ1) is 8.52. The molecule has 0 spiro atoms. The van der Waals surface area contributed by atoms with Crippen LogP contribution in [-0.4, -0.2) is 9.97 Å². The number of H-pyrrole nitrogens is 1. The standard InChI is InChI=1S/C11H8F3N3O/c12-7-1-5(2-8(13)9(7)14)10-16-4-6(3-15)11(18)17-10/h1-2,4H,3,15H2,(H,16,17,18). The van der Waals surface area contributed by atoms with Gasteiger partial charge in [0.25, 0.3) is 5.56 Å². The highest BCUT2D eigenvalue weighted by Gasteiger charge is 2.13. The third-order valence-electron chi connectivity index (χ3n) is 2.35. The van der Waals surface area contributed by atoms with Gasteiger partial charge in [-0.15, -0.1) is 0 Å². The van der Waals surface area contributed by atoms with Crippen LogP contribution in [-0.2, 0) is 6.54 Å². The van der Waals surface area contributed by atoms with Crippen LogP contribution in [0.4, 0.5) is 13.2 Å². The van der Waals surface area contributed by atoms with Crippen LogP contribution < -0.4 is 11.3 Å². The van der Waals surface area contributed by atoms with Crippen molar-refractivity contribution in [3.05, 3.63) is 51.7 Å². The molecule has 0 aliphatic rings. The number of hydrogen-bond donors (Lipinski definition) is 2.